The fourth-order valence-corrected chi connectivity index (χ4v) is 7.03. The molecule has 1 aliphatic heterocycles. The van der Waals surface area contributed by atoms with Gasteiger partial charge in [0, 0.05) is 5.75 Å². The Hall–Kier alpha value is -2.51. The predicted octanol–water partition coefficient (Wildman–Crippen LogP) is 5.04. The lowest BCUT2D eigenvalue weighted by Crippen LogP contribution is -2.32. The van der Waals surface area contributed by atoms with Crippen LogP contribution in [0.1, 0.15) is 12.0 Å². The third-order valence-electron chi connectivity index (χ3n) is 6.36. The molecule has 6 rings (SSSR count). The van der Waals surface area contributed by atoms with Gasteiger partial charge in [0.1, 0.15) is 5.82 Å². The average molecular weight is 437 g/mol. The minimum Gasteiger partial charge on any atom is -0.274 e. The summed E-state index contributed by atoms with van der Waals surface area (Å²) >= 11 is 3.14. The highest BCUT2D eigenvalue weighted by molar-refractivity contribution is 8.00. The lowest BCUT2D eigenvalue weighted by atomic mass is 9.85. The summed E-state index contributed by atoms with van der Waals surface area (Å²) in [5.74, 6) is 0.391. The van der Waals surface area contributed by atoms with E-state index in [1.807, 2.05) is 18.2 Å². The summed E-state index contributed by atoms with van der Waals surface area (Å²) in [5.41, 5.74) is 2.53. The van der Waals surface area contributed by atoms with Gasteiger partial charge >= 0.3 is 0 Å². The summed E-state index contributed by atoms with van der Waals surface area (Å²) in [5, 5.41) is 0. The molecule has 2 aliphatic carbocycles. The van der Waals surface area contributed by atoms with Crippen molar-refractivity contribution >= 4 is 50.8 Å². The lowest BCUT2D eigenvalue weighted by molar-refractivity contribution is -0.123. The summed E-state index contributed by atoms with van der Waals surface area (Å²) < 4.78 is 14.9. The Labute approximate surface area is 180 Å². The highest BCUT2D eigenvalue weighted by Gasteiger charge is 2.59. The fraction of sp³-hybridized carbons (Fsp3) is 0.261. The highest BCUT2D eigenvalue weighted by Crippen LogP contribution is 2.53. The number of carbonyl (C=O) groups excluding carboxylic acids is 2. The van der Waals surface area contributed by atoms with E-state index < -0.39 is 0 Å². The smallest absolute Gasteiger partial charge is 0.238 e. The molecule has 4 atom stereocenters. The van der Waals surface area contributed by atoms with Gasteiger partial charge in [0.15, 0.2) is 4.34 Å². The minimum absolute atomic E-state index is 0.0587. The molecule has 1 saturated carbocycles. The first-order valence-corrected chi connectivity index (χ1v) is 11.7. The van der Waals surface area contributed by atoms with Crippen molar-refractivity contribution in [1.29, 1.82) is 0 Å². The molecule has 1 aromatic heterocycles. The third-order valence-corrected chi connectivity index (χ3v) is 8.59. The zero-order valence-corrected chi connectivity index (χ0v) is 17.5. The van der Waals surface area contributed by atoms with Crippen molar-refractivity contribution in [3.8, 4) is 0 Å². The molecule has 0 N–H and O–H groups in total. The molecular formula is C23H17FN2O2S2. The second-order valence-corrected chi connectivity index (χ2v) is 10.3. The Morgan fingerprint density at radius 2 is 1.73 bits per heavy atom. The number of thiazole rings is 1. The number of carbonyl (C=O) groups is 2. The zero-order chi connectivity index (χ0) is 20.4. The van der Waals surface area contributed by atoms with Crippen LogP contribution in [0.2, 0.25) is 0 Å². The molecule has 7 heteroatoms. The second kappa shape index (κ2) is 6.75. The number of aromatic nitrogens is 1. The molecule has 0 unspecified atom stereocenters. The Balaban J connectivity index is 1.25. The number of hydrogen-bond acceptors (Lipinski definition) is 5. The number of fused-ring (bicyclic) bond motifs is 6. The molecule has 3 aromatic rings. The number of anilines is 1. The van der Waals surface area contributed by atoms with Crippen LogP contribution < -0.4 is 4.90 Å². The third kappa shape index (κ3) is 2.76. The van der Waals surface area contributed by atoms with Crippen molar-refractivity contribution < 1.29 is 14.0 Å². The first-order chi connectivity index (χ1) is 14.6. The highest BCUT2D eigenvalue weighted by atomic mass is 32.2. The van der Waals surface area contributed by atoms with Crippen molar-refractivity contribution in [3.05, 3.63) is 66.0 Å². The molecule has 0 spiro atoms. The Morgan fingerprint density at radius 1 is 1.03 bits per heavy atom. The molecular weight excluding hydrogens is 419 g/mol. The van der Waals surface area contributed by atoms with Gasteiger partial charge < -0.3 is 0 Å². The predicted molar refractivity (Wildman–Crippen MR) is 116 cm³/mol. The average Bonchev–Trinajstić information content (AvgIpc) is 3.50. The first-order valence-electron chi connectivity index (χ1n) is 9.92. The van der Waals surface area contributed by atoms with Gasteiger partial charge in [-0.25, -0.2) is 14.3 Å². The molecule has 2 heterocycles. The van der Waals surface area contributed by atoms with E-state index in [0.717, 1.165) is 26.5 Å². The largest absolute Gasteiger partial charge is 0.274 e. The van der Waals surface area contributed by atoms with Crippen molar-refractivity contribution in [2.45, 2.75) is 16.5 Å². The van der Waals surface area contributed by atoms with Crippen LogP contribution in [0, 0.1) is 29.5 Å². The molecule has 3 aliphatic rings. The molecule has 150 valence electrons. The molecule has 1 saturated heterocycles. The van der Waals surface area contributed by atoms with Crippen LogP contribution in [-0.2, 0) is 15.3 Å². The molecule has 2 amide bonds. The molecule has 2 fully saturated rings. The van der Waals surface area contributed by atoms with E-state index in [9.17, 15) is 14.0 Å². The summed E-state index contributed by atoms with van der Waals surface area (Å²) in [6, 6.07) is 12.1. The van der Waals surface area contributed by atoms with Crippen LogP contribution in [0.15, 0.2) is 59.0 Å². The Bertz CT molecular complexity index is 1190. The number of allylic oxidation sites excluding steroid dienone is 2. The standard InChI is InChI=1S/C23H17FN2O2S2/c24-15-5-1-12(2-6-15)11-29-23-25-17-8-7-16(10-18(17)30-23)26-21(27)19-13-3-4-14(9-13)20(19)22(26)28/h1-8,10,13-14,19-20H,9,11H2/t13-,14-,19-,20+/m0/s1. The Morgan fingerprint density at radius 3 is 2.43 bits per heavy atom. The summed E-state index contributed by atoms with van der Waals surface area (Å²) in [6.45, 7) is 0. The number of benzene rings is 2. The normalized spacial score (nSPS) is 26.9. The monoisotopic (exact) mass is 436 g/mol. The van der Waals surface area contributed by atoms with Crippen LogP contribution in [0.3, 0.4) is 0 Å². The first kappa shape index (κ1) is 18.3. The topological polar surface area (TPSA) is 50.3 Å². The quantitative estimate of drug-likeness (QED) is 0.327. The van der Waals surface area contributed by atoms with Crippen molar-refractivity contribution in [3.63, 3.8) is 0 Å². The van der Waals surface area contributed by atoms with Crippen LogP contribution in [-0.4, -0.2) is 16.8 Å². The number of thioether (sulfide) groups is 1. The van der Waals surface area contributed by atoms with Crippen LogP contribution >= 0.6 is 23.1 Å². The van der Waals surface area contributed by atoms with Crippen molar-refractivity contribution in [1.82, 2.24) is 4.98 Å². The van der Waals surface area contributed by atoms with Gasteiger partial charge in [-0.1, -0.05) is 36.0 Å². The molecule has 2 aromatic carbocycles. The van der Waals surface area contributed by atoms with E-state index in [1.54, 1.807) is 35.2 Å². The number of hydrogen-bond donors (Lipinski definition) is 0. The van der Waals surface area contributed by atoms with E-state index in [0.29, 0.717) is 11.4 Å². The van der Waals surface area contributed by atoms with Gasteiger partial charge in [-0.05, 0) is 54.2 Å². The second-order valence-electron chi connectivity index (χ2n) is 8.06. The Kier molecular flexibility index (Phi) is 4.11. The number of amides is 2. The number of imide groups is 1. The molecule has 4 nitrogen and oxygen atoms in total. The molecule has 0 radical (unpaired) electrons. The fourth-order valence-electron chi connectivity index (χ4n) is 4.98. The van der Waals surface area contributed by atoms with Gasteiger partial charge in [0.2, 0.25) is 11.8 Å². The lowest BCUT2D eigenvalue weighted by Gasteiger charge is -2.17. The maximum absolute atomic E-state index is 13.1. The van der Waals surface area contributed by atoms with Gasteiger partial charge in [-0.15, -0.1) is 11.3 Å². The van der Waals surface area contributed by atoms with Crippen molar-refractivity contribution in [2.24, 2.45) is 23.7 Å². The maximum atomic E-state index is 13.1. The van der Waals surface area contributed by atoms with Crippen molar-refractivity contribution in [2.75, 3.05) is 4.90 Å². The van der Waals surface area contributed by atoms with Gasteiger partial charge in [0.05, 0.1) is 27.7 Å². The minimum atomic E-state index is -0.241. The molecule has 2 bridgehead atoms. The zero-order valence-electron chi connectivity index (χ0n) is 15.8. The van der Waals surface area contributed by atoms with E-state index >= 15 is 0 Å². The van der Waals surface area contributed by atoms with E-state index in [-0.39, 0.29) is 41.3 Å². The number of halogens is 1. The SMILES string of the molecule is O=C1[C@@H]2[C@H](C(=O)N1c1ccc3nc(SCc4ccc(F)cc4)sc3c1)[C@H]1C=C[C@H]2C1. The van der Waals surface area contributed by atoms with Gasteiger partial charge in [0.25, 0.3) is 0 Å². The number of rotatable bonds is 4. The number of nitrogens with zero attached hydrogens (tertiary/aromatic N) is 2. The summed E-state index contributed by atoms with van der Waals surface area (Å²) in [4.78, 5) is 32.1. The maximum Gasteiger partial charge on any atom is 0.238 e. The van der Waals surface area contributed by atoms with Gasteiger partial charge in [-0.2, -0.15) is 0 Å². The summed E-state index contributed by atoms with van der Waals surface area (Å²) in [7, 11) is 0. The van der Waals surface area contributed by atoms with E-state index in [4.69, 9.17) is 0 Å². The van der Waals surface area contributed by atoms with Crippen LogP contribution in [0.4, 0.5) is 10.1 Å². The van der Waals surface area contributed by atoms with E-state index in [1.165, 1.54) is 17.0 Å². The van der Waals surface area contributed by atoms with Gasteiger partial charge in [-0.3, -0.25) is 9.59 Å². The van der Waals surface area contributed by atoms with Crippen LogP contribution in [0.25, 0.3) is 10.2 Å². The summed E-state index contributed by atoms with van der Waals surface area (Å²) in [6.07, 6.45) is 5.15. The molecule has 30 heavy (non-hydrogen) atoms. The van der Waals surface area contributed by atoms with E-state index in [2.05, 4.69) is 17.1 Å². The van der Waals surface area contributed by atoms with Crippen LogP contribution in [0.5, 0.6) is 0 Å².